The number of nitrogens with zero attached hydrogens (tertiary/aromatic N) is 1. The molecule has 1 aliphatic heterocycles. The molecule has 0 radical (unpaired) electrons. The van der Waals surface area contributed by atoms with Gasteiger partial charge in [-0.2, -0.15) is 13.2 Å². The second kappa shape index (κ2) is 5.03. The van der Waals surface area contributed by atoms with Crippen LogP contribution in [0.3, 0.4) is 0 Å². The van der Waals surface area contributed by atoms with E-state index in [4.69, 9.17) is 0 Å². The molecule has 2 unspecified atom stereocenters. The number of halogens is 3. The summed E-state index contributed by atoms with van der Waals surface area (Å²) in [5, 5.41) is 2.95. The summed E-state index contributed by atoms with van der Waals surface area (Å²) in [6.07, 6.45) is -4.31. The van der Waals surface area contributed by atoms with Crippen molar-refractivity contribution in [2.75, 3.05) is 13.2 Å². The Morgan fingerprint density at radius 2 is 2.19 bits per heavy atom. The molecule has 1 rings (SSSR count). The number of amides is 1. The van der Waals surface area contributed by atoms with Crippen molar-refractivity contribution in [3.8, 4) is 0 Å². The lowest BCUT2D eigenvalue weighted by molar-refractivity contribution is -0.143. The van der Waals surface area contributed by atoms with Gasteiger partial charge in [0.2, 0.25) is 5.91 Å². The maximum absolute atomic E-state index is 12.0. The van der Waals surface area contributed by atoms with Crippen molar-refractivity contribution >= 4 is 5.91 Å². The number of alkyl halides is 3. The first kappa shape index (κ1) is 13.3. The molecule has 2 atom stereocenters. The van der Waals surface area contributed by atoms with Gasteiger partial charge in [-0.15, -0.1) is 0 Å². The lowest BCUT2D eigenvalue weighted by Gasteiger charge is -2.18. The summed E-state index contributed by atoms with van der Waals surface area (Å²) in [7, 11) is 0. The van der Waals surface area contributed by atoms with E-state index >= 15 is 0 Å². The summed E-state index contributed by atoms with van der Waals surface area (Å²) in [4.78, 5) is 13.0. The topological polar surface area (TPSA) is 32.3 Å². The third-order valence-electron chi connectivity index (χ3n) is 2.96. The van der Waals surface area contributed by atoms with Gasteiger partial charge in [0.15, 0.2) is 0 Å². The molecule has 6 heteroatoms. The third-order valence-corrected chi connectivity index (χ3v) is 2.96. The van der Waals surface area contributed by atoms with Crippen LogP contribution in [0.25, 0.3) is 0 Å². The summed E-state index contributed by atoms with van der Waals surface area (Å²) in [6, 6.07) is -0.321. The first-order valence-corrected chi connectivity index (χ1v) is 5.44. The largest absolute Gasteiger partial charge is 0.390 e. The van der Waals surface area contributed by atoms with Gasteiger partial charge < -0.3 is 4.90 Å². The molecular formula is C10H17F3N2O. The Hall–Kier alpha value is -0.780. The van der Waals surface area contributed by atoms with E-state index in [1.54, 1.807) is 0 Å². The summed E-state index contributed by atoms with van der Waals surface area (Å²) in [6.45, 7) is 3.85. The summed E-state index contributed by atoms with van der Waals surface area (Å²) in [5.41, 5.74) is 0. The standard InChI is InChI=1S/C10H17F3N2O/c1-3-7(2)8-9(16)15(6-14-8)5-4-10(11,12)13/h7-8,14H,3-6H2,1-2H3. The number of carbonyl (C=O) groups is 1. The summed E-state index contributed by atoms with van der Waals surface area (Å²) >= 11 is 0. The van der Waals surface area contributed by atoms with Gasteiger partial charge in [-0.25, -0.2) is 0 Å². The molecule has 94 valence electrons. The van der Waals surface area contributed by atoms with Gasteiger partial charge in [0.25, 0.3) is 0 Å². The Labute approximate surface area is 93.0 Å². The highest BCUT2D eigenvalue weighted by molar-refractivity contribution is 5.84. The van der Waals surface area contributed by atoms with Crippen molar-refractivity contribution in [2.45, 2.75) is 38.9 Å². The van der Waals surface area contributed by atoms with Crippen LogP contribution in [0, 0.1) is 5.92 Å². The lowest BCUT2D eigenvalue weighted by atomic mass is 9.99. The fourth-order valence-electron chi connectivity index (χ4n) is 1.70. The Morgan fingerprint density at radius 3 is 2.69 bits per heavy atom. The lowest BCUT2D eigenvalue weighted by Crippen LogP contribution is -2.36. The highest BCUT2D eigenvalue weighted by Gasteiger charge is 2.36. The minimum Gasteiger partial charge on any atom is -0.328 e. The molecule has 0 aromatic rings. The molecule has 0 spiro atoms. The molecule has 1 amide bonds. The summed E-state index contributed by atoms with van der Waals surface area (Å²) < 4.78 is 36.0. The minimum atomic E-state index is -4.20. The predicted molar refractivity (Wildman–Crippen MR) is 53.6 cm³/mol. The van der Waals surface area contributed by atoms with Crippen LogP contribution in [-0.4, -0.2) is 36.2 Å². The average molecular weight is 238 g/mol. The quantitative estimate of drug-likeness (QED) is 0.809. The molecule has 1 saturated heterocycles. The van der Waals surface area contributed by atoms with Crippen LogP contribution in [0.2, 0.25) is 0 Å². The van der Waals surface area contributed by atoms with Crippen molar-refractivity contribution < 1.29 is 18.0 Å². The van der Waals surface area contributed by atoms with Gasteiger partial charge in [-0.1, -0.05) is 20.3 Å². The molecule has 1 fully saturated rings. The van der Waals surface area contributed by atoms with Crippen LogP contribution in [0.1, 0.15) is 26.7 Å². The molecule has 1 aliphatic rings. The molecule has 0 aromatic carbocycles. The molecule has 1 heterocycles. The highest BCUT2D eigenvalue weighted by atomic mass is 19.4. The van der Waals surface area contributed by atoms with E-state index in [2.05, 4.69) is 5.32 Å². The third kappa shape index (κ3) is 3.37. The smallest absolute Gasteiger partial charge is 0.328 e. The van der Waals surface area contributed by atoms with Crippen LogP contribution in [0.5, 0.6) is 0 Å². The van der Waals surface area contributed by atoms with E-state index in [9.17, 15) is 18.0 Å². The van der Waals surface area contributed by atoms with Crippen LogP contribution in [0.4, 0.5) is 13.2 Å². The van der Waals surface area contributed by atoms with E-state index in [-0.39, 0.29) is 31.1 Å². The molecule has 0 bridgehead atoms. The van der Waals surface area contributed by atoms with Crippen LogP contribution >= 0.6 is 0 Å². The minimum absolute atomic E-state index is 0.156. The zero-order chi connectivity index (χ0) is 12.3. The Kier molecular flexibility index (Phi) is 4.18. The van der Waals surface area contributed by atoms with E-state index in [0.717, 1.165) is 6.42 Å². The number of rotatable bonds is 4. The van der Waals surface area contributed by atoms with Crippen LogP contribution < -0.4 is 5.32 Å². The van der Waals surface area contributed by atoms with Gasteiger partial charge >= 0.3 is 6.18 Å². The van der Waals surface area contributed by atoms with E-state index in [1.165, 1.54) is 4.90 Å². The fraction of sp³-hybridized carbons (Fsp3) is 0.900. The van der Waals surface area contributed by atoms with Gasteiger partial charge in [-0.3, -0.25) is 10.1 Å². The zero-order valence-electron chi connectivity index (χ0n) is 9.47. The first-order chi connectivity index (χ1) is 7.35. The highest BCUT2D eigenvalue weighted by Crippen LogP contribution is 2.22. The van der Waals surface area contributed by atoms with Crippen LogP contribution in [0.15, 0.2) is 0 Å². The van der Waals surface area contributed by atoms with Crippen molar-refractivity contribution in [1.29, 1.82) is 0 Å². The number of hydrogen-bond acceptors (Lipinski definition) is 2. The number of nitrogens with one attached hydrogen (secondary N) is 1. The zero-order valence-corrected chi connectivity index (χ0v) is 9.47. The fourth-order valence-corrected chi connectivity index (χ4v) is 1.70. The first-order valence-electron chi connectivity index (χ1n) is 5.44. The molecule has 0 aliphatic carbocycles. The van der Waals surface area contributed by atoms with E-state index in [1.807, 2.05) is 13.8 Å². The maximum Gasteiger partial charge on any atom is 0.390 e. The number of hydrogen-bond donors (Lipinski definition) is 1. The number of carbonyl (C=O) groups excluding carboxylic acids is 1. The van der Waals surface area contributed by atoms with Crippen molar-refractivity contribution in [2.24, 2.45) is 5.92 Å². The molecule has 0 saturated carbocycles. The second-order valence-electron chi connectivity index (χ2n) is 4.19. The Morgan fingerprint density at radius 1 is 1.56 bits per heavy atom. The summed E-state index contributed by atoms with van der Waals surface area (Å²) in [5.74, 6) is -0.0537. The normalized spacial score (nSPS) is 23.9. The molecule has 16 heavy (non-hydrogen) atoms. The molecule has 3 nitrogen and oxygen atoms in total. The van der Waals surface area contributed by atoms with Gasteiger partial charge in [0, 0.05) is 6.54 Å². The van der Waals surface area contributed by atoms with Gasteiger partial charge in [0.05, 0.1) is 19.1 Å². The Balaban J connectivity index is 2.45. The van der Waals surface area contributed by atoms with Crippen molar-refractivity contribution in [3.63, 3.8) is 0 Å². The average Bonchev–Trinajstić information content (AvgIpc) is 2.55. The van der Waals surface area contributed by atoms with Gasteiger partial charge in [0.1, 0.15) is 0 Å². The molecular weight excluding hydrogens is 221 g/mol. The second-order valence-corrected chi connectivity index (χ2v) is 4.19. The predicted octanol–water partition coefficient (Wildman–Crippen LogP) is 1.74. The molecule has 0 aromatic heterocycles. The molecule has 1 N–H and O–H groups in total. The van der Waals surface area contributed by atoms with Gasteiger partial charge in [-0.05, 0) is 5.92 Å². The SMILES string of the molecule is CCC(C)C1NCN(CCC(F)(F)F)C1=O. The monoisotopic (exact) mass is 238 g/mol. The Bertz CT molecular complexity index is 255. The van der Waals surface area contributed by atoms with E-state index in [0.29, 0.717) is 0 Å². The van der Waals surface area contributed by atoms with Crippen molar-refractivity contribution in [3.05, 3.63) is 0 Å². The van der Waals surface area contributed by atoms with E-state index < -0.39 is 12.6 Å². The van der Waals surface area contributed by atoms with Crippen LogP contribution in [-0.2, 0) is 4.79 Å². The maximum atomic E-state index is 12.0. The van der Waals surface area contributed by atoms with Crippen molar-refractivity contribution in [1.82, 2.24) is 10.2 Å².